The van der Waals surface area contributed by atoms with Gasteiger partial charge in [0.15, 0.2) is 11.5 Å². The molecule has 0 spiro atoms. The maximum absolute atomic E-state index is 10.1. The summed E-state index contributed by atoms with van der Waals surface area (Å²) in [6.07, 6.45) is 2.57. The number of aromatic hydroxyl groups is 2. The van der Waals surface area contributed by atoms with Crippen LogP contribution in [0.1, 0.15) is 17.0 Å². The summed E-state index contributed by atoms with van der Waals surface area (Å²) in [6, 6.07) is 11.4. The highest BCUT2D eigenvalue weighted by Crippen LogP contribution is 2.32. The van der Waals surface area contributed by atoms with Gasteiger partial charge < -0.3 is 25.2 Å². The molecule has 2 rings (SSSR count). The molecule has 0 bridgehead atoms. The number of hydrogen-bond donors (Lipinski definition) is 4. The second-order valence-electron chi connectivity index (χ2n) is 5.16. The molecule has 0 saturated heterocycles. The van der Waals surface area contributed by atoms with E-state index in [0.717, 1.165) is 5.56 Å². The van der Waals surface area contributed by atoms with Crippen LogP contribution in [0.3, 0.4) is 0 Å². The van der Waals surface area contributed by atoms with Crippen LogP contribution in [-0.2, 0) is 0 Å². The summed E-state index contributed by atoms with van der Waals surface area (Å²) in [5, 5.41) is 38.3. The van der Waals surface area contributed by atoms with E-state index in [-0.39, 0.29) is 11.5 Å². The summed E-state index contributed by atoms with van der Waals surface area (Å²) < 4.78 is 5.08. The summed E-state index contributed by atoms with van der Waals surface area (Å²) in [4.78, 5) is 0. The second-order valence-corrected chi connectivity index (χ2v) is 5.16. The van der Waals surface area contributed by atoms with Gasteiger partial charge in [0.2, 0.25) is 0 Å². The number of hydrogen-bond acceptors (Lipinski definition) is 5. The number of aliphatic hydroxyl groups is 2. The third-order valence-corrected chi connectivity index (χ3v) is 3.58. The molecule has 23 heavy (non-hydrogen) atoms. The molecular weight excluding hydrogens is 296 g/mol. The molecule has 0 aliphatic heterocycles. The van der Waals surface area contributed by atoms with Crippen molar-refractivity contribution in [3.05, 3.63) is 59.7 Å². The number of phenols is 2. The molecule has 5 nitrogen and oxygen atoms in total. The Kier molecular flexibility index (Phi) is 5.62. The zero-order chi connectivity index (χ0) is 16.8. The van der Waals surface area contributed by atoms with Crippen molar-refractivity contribution in [2.45, 2.75) is 12.0 Å². The molecule has 0 saturated carbocycles. The van der Waals surface area contributed by atoms with Crippen LogP contribution in [0.5, 0.6) is 17.2 Å². The predicted molar refractivity (Wildman–Crippen MR) is 87.6 cm³/mol. The van der Waals surface area contributed by atoms with Crippen LogP contribution in [0, 0.1) is 0 Å². The topological polar surface area (TPSA) is 90.2 Å². The van der Waals surface area contributed by atoms with Gasteiger partial charge in [0.1, 0.15) is 5.75 Å². The monoisotopic (exact) mass is 316 g/mol. The first-order valence-electron chi connectivity index (χ1n) is 7.18. The van der Waals surface area contributed by atoms with Crippen molar-refractivity contribution in [3.8, 4) is 17.2 Å². The Morgan fingerprint density at radius 1 is 1.09 bits per heavy atom. The van der Waals surface area contributed by atoms with Gasteiger partial charge in [-0.15, -0.1) is 0 Å². The highest BCUT2D eigenvalue weighted by molar-refractivity contribution is 5.53. The number of aliphatic hydroxyl groups excluding tert-OH is 2. The van der Waals surface area contributed by atoms with Gasteiger partial charge in [-0.1, -0.05) is 30.4 Å². The van der Waals surface area contributed by atoms with Crippen molar-refractivity contribution in [2.24, 2.45) is 0 Å². The van der Waals surface area contributed by atoms with Crippen LogP contribution in [0.4, 0.5) is 0 Å². The summed E-state index contributed by atoms with van der Waals surface area (Å²) >= 11 is 0. The Labute approximate surface area is 134 Å². The first-order valence-corrected chi connectivity index (χ1v) is 7.18. The molecule has 0 aromatic heterocycles. The van der Waals surface area contributed by atoms with Crippen LogP contribution in [-0.4, -0.2) is 40.2 Å². The summed E-state index contributed by atoms with van der Waals surface area (Å²) in [5.41, 5.74) is 1.56. The molecule has 2 aromatic rings. The molecule has 122 valence electrons. The fraction of sp³-hybridized carbons (Fsp3) is 0.222. The van der Waals surface area contributed by atoms with E-state index in [0.29, 0.717) is 11.3 Å². The minimum absolute atomic E-state index is 0.0102. The van der Waals surface area contributed by atoms with Crippen LogP contribution >= 0.6 is 0 Å². The van der Waals surface area contributed by atoms with E-state index < -0.39 is 18.6 Å². The second kappa shape index (κ2) is 7.67. The first-order chi connectivity index (χ1) is 11.0. The molecular formula is C18H20O5. The van der Waals surface area contributed by atoms with Crippen LogP contribution in [0.25, 0.3) is 6.08 Å². The molecule has 0 fully saturated rings. The van der Waals surface area contributed by atoms with E-state index in [4.69, 9.17) is 4.74 Å². The molecule has 4 N–H and O–H groups in total. The van der Waals surface area contributed by atoms with Gasteiger partial charge >= 0.3 is 0 Å². The number of ether oxygens (including phenoxy) is 1. The molecule has 0 heterocycles. The fourth-order valence-corrected chi connectivity index (χ4v) is 2.28. The Morgan fingerprint density at radius 3 is 2.39 bits per heavy atom. The average Bonchev–Trinajstić information content (AvgIpc) is 2.57. The van der Waals surface area contributed by atoms with Crippen LogP contribution in [0.2, 0.25) is 0 Å². The average molecular weight is 316 g/mol. The zero-order valence-corrected chi connectivity index (χ0v) is 12.8. The lowest BCUT2D eigenvalue weighted by Gasteiger charge is -2.19. The van der Waals surface area contributed by atoms with Gasteiger partial charge in [-0.2, -0.15) is 0 Å². The quantitative estimate of drug-likeness (QED) is 0.656. The van der Waals surface area contributed by atoms with Crippen molar-refractivity contribution in [1.29, 1.82) is 0 Å². The third kappa shape index (κ3) is 4.25. The number of methoxy groups -OCH3 is 1. The smallest absolute Gasteiger partial charge is 0.160 e. The van der Waals surface area contributed by atoms with Crippen molar-refractivity contribution in [1.82, 2.24) is 0 Å². The largest absolute Gasteiger partial charge is 0.508 e. The van der Waals surface area contributed by atoms with E-state index in [2.05, 4.69) is 0 Å². The molecule has 0 aliphatic carbocycles. The summed E-state index contributed by atoms with van der Waals surface area (Å²) in [5.74, 6) is 0.0207. The van der Waals surface area contributed by atoms with Crippen molar-refractivity contribution >= 4 is 6.08 Å². The van der Waals surface area contributed by atoms with Crippen LogP contribution in [0.15, 0.2) is 48.5 Å². The van der Waals surface area contributed by atoms with E-state index in [1.165, 1.54) is 13.2 Å². The minimum atomic E-state index is -0.988. The summed E-state index contributed by atoms with van der Waals surface area (Å²) in [6.45, 7) is -0.395. The Bertz CT molecular complexity index is 664. The van der Waals surface area contributed by atoms with E-state index in [1.807, 2.05) is 0 Å². The van der Waals surface area contributed by atoms with Gasteiger partial charge in [0.05, 0.1) is 19.8 Å². The van der Waals surface area contributed by atoms with Gasteiger partial charge in [0, 0.05) is 5.92 Å². The molecule has 0 radical (unpaired) electrons. The Balaban J connectivity index is 2.31. The van der Waals surface area contributed by atoms with E-state index in [9.17, 15) is 20.4 Å². The Hall–Kier alpha value is -2.50. The lowest BCUT2D eigenvalue weighted by molar-refractivity contribution is 0.0842. The Morgan fingerprint density at radius 2 is 1.78 bits per heavy atom. The molecule has 2 aromatic carbocycles. The number of rotatable bonds is 6. The highest BCUT2D eigenvalue weighted by atomic mass is 16.5. The predicted octanol–water partition coefficient (Wildman–Crippen LogP) is 2.26. The van der Waals surface area contributed by atoms with E-state index in [1.54, 1.807) is 48.6 Å². The summed E-state index contributed by atoms with van der Waals surface area (Å²) in [7, 11) is 1.45. The van der Waals surface area contributed by atoms with Crippen molar-refractivity contribution in [2.75, 3.05) is 13.7 Å². The van der Waals surface area contributed by atoms with Gasteiger partial charge in [-0.3, -0.25) is 0 Å². The highest BCUT2D eigenvalue weighted by Gasteiger charge is 2.19. The van der Waals surface area contributed by atoms with Crippen molar-refractivity contribution < 1.29 is 25.2 Å². The molecule has 2 atom stereocenters. The number of phenolic OH excluding ortho intramolecular Hbond substituents is 2. The molecule has 0 amide bonds. The van der Waals surface area contributed by atoms with E-state index >= 15 is 0 Å². The normalized spacial score (nSPS) is 13.9. The van der Waals surface area contributed by atoms with Crippen molar-refractivity contribution in [3.63, 3.8) is 0 Å². The van der Waals surface area contributed by atoms with Crippen LogP contribution < -0.4 is 4.74 Å². The molecule has 0 unspecified atom stereocenters. The zero-order valence-electron chi connectivity index (χ0n) is 12.8. The lowest BCUT2D eigenvalue weighted by Crippen LogP contribution is -2.21. The first kappa shape index (κ1) is 16.9. The number of benzene rings is 2. The van der Waals surface area contributed by atoms with Gasteiger partial charge in [-0.05, 0) is 35.4 Å². The van der Waals surface area contributed by atoms with Gasteiger partial charge in [-0.25, -0.2) is 0 Å². The minimum Gasteiger partial charge on any atom is -0.508 e. The SMILES string of the molecule is COc1cc([C@@H](/C=C/c2ccc(O)cc2)[C@@H](O)CO)ccc1O. The maximum atomic E-state index is 10.1. The molecule has 5 heteroatoms. The standard InChI is InChI=1S/C18H20O5/c1-23-18-10-13(5-9-16(18)21)15(17(22)11-19)8-4-12-2-6-14(20)7-3-12/h2-10,15,17,19-22H,11H2,1H3/b8-4+/t15-,17+/m1/s1. The third-order valence-electron chi connectivity index (χ3n) is 3.58. The van der Waals surface area contributed by atoms with Gasteiger partial charge in [0.25, 0.3) is 0 Å². The lowest BCUT2D eigenvalue weighted by atomic mass is 9.92. The fourth-order valence-electron chi connectivity index (χ4n) is 2.28. The maximum Gasteiger partial charge on any atom is 0.160 e. The molecule has 0 aliphatic rings.